The minimum Gasteiger partial charge on any atom is -0.390 e. The number of imidazole rings is 1. The molecule has 2 amide bonds. The molecular weight excluding hydrogens is 1030 g/mol. The number of ether oxygens (including phenoxy) is 3. The Labute approximate surface area is 413 Å². The van der Waals surface area contributed by atoms with Crippen LogP contribution in [0.1, 0.15) is 105 Å². The van der Waals surface area contributed by atoms with Crippen molar-refractivity contribution in [1.82, 2.24) is 30.2 Å². The first-order chi connectivity index (χ1) is 33.2. The van der Waals surface area contributed by atoms with Gasteiger partial charge in [-0.25, -0.2) is 28.6 Å². The number of nitrogens with zero attached hydrogens (tertiary/aromatic N) is 4. The fraction of sp³-hybridized carbons (Fsp3) is 0.795. The molecule has 2 aliphatic rings. The third-order valence-corrected chi connectivity index (χ3v) is 15.3. The van der Waals surface area contributed by atoms with E-state index in [9.17, 15) is 68.1 Å². The highest BCUT2D eigenvalue weighted by Gasteiger charge is 2.50. The van der Waals surface area contributed by atoms with Crippen LogP contribution in [0.5, 0.6) is 0 Å². The first kappa shape index (κ1) is 61.0. The van der Waals surface area contributed by atoms with Gasteiger partial charge in [0.25, 0.3) is 0 Å². The number of nitrogens with one attached hydrogen (secondary N) is 2. The molecular formula is C39H68N7O21P3S. The number of nitrogen functional groups attached to an aromatic ring is 1. The number of nitrogens with two attached hydrogens (primary N) is 1. The summed E-state index contributed by atoms with van der Waals surface area (Å²) in [4.78, 5) is 88.5. The van der Waals surface area contributed by atoms with Crippen LogP contribution in [0.25, 0.3) is 11.2 Å². The van der Waals surface area contributed by atoms with Gasteiger partial charge in [0.15, 0.2) is 29.1 Å². The third kappa shape index (κ3) is 20.2. The van der Waals surface area contributed by atoms with Crippen LogP contribution in [0, 0.1) is 5.41 Å². The van der Waals surface area contributed by atoms with Gasteiger partial charge in [0.05, 0.1) is 37.9 Å². The molecule has 0 bridgehead atoms. The summed E-state index contributed by atoms with van der Waals surface area (Å²) in [5.74, 6) is -1.12. The van der Waals surface area contributed by atoms with Gasteiger partial charge >= 0.3 is 23.5 Å². The number of aromatic nitrogens is 4. The molecule has 2 saturated heterocycles. The topological polar surface area (TPSA) is 423 Å². The van der Waals surface area contributed by atoms with Gasteiger partial charge in [0, 0.05) is 43.5 Å². The fourth-order valence-electron chi connectivity index (χ4n) is 7.32. The summed E-state index contributed by atoms with van der Waals surface area (Å²) in [6, 6.07) is 0. The van der Waals surface area contributed by atoms with E-state index in [1.165, 1.54) is 13.8 Å². The maximum atomic E-state index is 12.8. The molecule has 0 saturated carbocycles. The molecule has 28 nitrogen and oxygen atoms in total. The van der Waals surface area contributed by atoms with E-state index in [2.05, 4.69) is 34.4 Å². The van der Waals surface area contributed by atoms with Gasteiger partial charge in [-0.1, -0.05) is 64.1 Å². The minimum atomic E-state index is -5.59. The van der Waals surface area contributed by atoms with Crippen LogP contribution >= 0.6 is 35.2 Å². The SMILES string of the molecule is C[C@H](CCCCCCCCCC(=O)SCCNC(=O)CCNC(=O)[C@H](O)C(C)(C)COP(=O)(O)OP(=O)(O)OC[C@H]1O[C@@H](n2cnc3c(N)ncnc32)[C@H](O)[C@@H]1OP(=O)(O)O)O[C@@H]1O[C@@H](C)[C@H](O)C[C@H]1O. The lowest BCUT2D eigenvalue weighted by atomic mass is 9.87. The van der Waals surface area contributed by atoms with Gasteiger partial charge in [-0.3, -0.25) is 32.5 Å². The largest absolute Gasteiger partial charge is 0.481 e. The fourth-order valence-corrected chi connectivity index (χ4v) is 10.9. The lowest BCUT2D eigenvalue weighted by Gasteiger charge is -2.36. The number of rotatable bonds is 31. The predicted molar refractivity (Wildman–Crippen MR) is 250 cm³/mol. The summed E-state index contributed by atoms with van der Waals surface area (Å²) in [5, 5.41) is 46.5. The van der Waals surface area contributed by atoms with Gasteiger partial charge in [0.2, 0.25) is 11.8 Å². The Balaban J connectivity index is 1.05. The number of aliphatic hydroxyl groups is 4. The summed E-state index contributed by atoms with van der Waals surface area (Å²) in [7, 11) is -16.4. The van der Waals surface area contributed by atoms with Crippen LogP contribution in [0.3, 0.4) is 0 Å². The molecule has 2 aromatic heterocycles. The number of fused-ring (bicyclic) bond motifs is 1. The highest BCUT2D eigenvalue weighted by Crippen LogP contribution is 2.61. The normalized spacial score (nSPS) is 25.6. The van der Waals surface area contributed by atoms with Crippen molar-refractivity contribution < 1.29 is 100 Å². The molecule has 2 aliphatic heterocycles. The highest BCUT2D eigenvalue weighted by molar-refractivity contribution is 8.13. The molecule has 2 fully saturated rings. The smallest absolute Gasteiger partial charge is 0.390 e. The van der Waals surface area contributed by atoms with Crippen molar-refractivity contribution in [1.29, 1.82) is 0 Å². The second-order valence-electron chi connectivity index (χ2n) is 17.8. The van der Waals surface area contributed by atoms with Crippen molar-refractivity contribution in [2.24, 2.45) is 5.41 Å². The number of hydrogen-bond donors (Lipinski definition) is 11. The zero-order valence-electron chi connectivity index (χ0n) is 39.7. The van der Waals surface area contributed by atoms with Gasteiger partial charge in [-0.2, -0.15) is 4.31 Å². The van der Waals surface area contributed by atoms with Crippen LogP contribution in [0.15, 0.2) is 12.7 Å². The lowest BCUT2D eigenvalue weighted by Crippen LogP contribution is -2.48. The quantitative estimate of drug-likeness (QED) is 0.0376. The molecule has 12 N–H and O–H groups in total. The number of hydrogen-bond acceptors (Lipinski definition) is 22. The molecule has 0 aromatic carbocycles. The summed E-state index contributed by atoms with van der Waals surface area (Å²) in [6.07, 6.45) is -1.44. The average Bonchev–Trinajstić information content (AvgIpc) is 3.84. The molecule has 0 spiro atoms. The van der Waals surface area contributed by atoms with Gasteiger partial charge in [-0.05, 0) is 26.7 Å². The zero-order valence-corrected chi connectivity index (χ0v) is 43.2. The minimum absolute atomic E-state index is 0.0149. The van der Waals surface area contributed by atoms with Crippen LogP contribution in [-0.4, -0.2) is 164 Å². The van der Waals surface area contributed by atoms with Crippen molar-refractivity contribution in [3.8, 4) is 0 Å². The molecule has 4 rings (SSSR count). The van der Waals surface area contributed by atoms with Crippen molar-refractivity contribution in [2.75, 3.05) is 37.8 Å². The van der Waals surface area contributed by atoms with E-state index >= 15 is 0 Å². The maximum Gasteiger partial charge on any atom is 0.481 e. The molecule has 0 aliphatic carbocycles. The number of aliphatic hydroxyl groups excluding tert-OH is 4. The molecule has 12 atom stereocenters. The number of carbonyl (C=O) groups excluding carboxylic acids is 3. The summed E-state index contributed by atoms with van der Waals surface area (Å²) in [6.45, 7) is 4.15. The first-order valence-corrected chi connectivity index (χ1v) is 28.4. The van der Waals surface area contributed by atoms with Gasteiger partial charge in [0.1, 0.15) is 42.4 Å². The number of phosphoric acid groups is 3. The van der Waals surface area contributed by atoms with E-state index < -0.39 is 103 Å². The van der Waals surface area contributed by atoms with E-state index in [0.29, 0.717) is 12.2 Å². The second kappa shape index (κ2) is 27.8. The Morgan fingerprint density at radius 3 is 2.27 bits per heavy atom. The summed E-state index contributed by atoms with van der Waals surface area (Å²) in [5.41, 5.74) is 4.25. The van der Waals surface area contributed by atoms with Crippen LogP contribution < -0.4 is 16.4 Å². The standard InChI is InChI=1S/C39H68N7O21P3S/c1-23(63-38-26(48)18-25(47)24(2)64-38)12-10-8-6-5-7-9-11-13-29(50)71-17-16-41-28(49)14-15-42-36(53)33(52)39(3,4)20-62-70(59,60)67-69(57,58)61-19-27-32(66-68(54,55)56)31(51)37(65-27)46-22-45-30-34(40)43-21-44-35(30)46/h21-27,31-33,37-38,47-48,51-52H,5-20H2,1-4H3,(H,41,49)(H,42,53)(H,57,58)(H,59,60)(H2,40,43,44)(H2,54,55,56)/t23-,24+,25-,26-,27-,31-,32-,33+,37-,38-/m1/s1. The van der Waals surface area contributed by atoms with E-state index in [4.69, 9.17) is 29.0 Å². The molecule has 4 heterocycles. The number of phosphoric ester groups is 3. The Kier molecular flexibility index (Phi) is 23.9. The van der Waals surface area contributed by atoms with Crippen molar-refractivity contribution in [2.45, 2.75) is 160 Å². The van der Waals surface area contributed by atoms with Gasteiger partial charge < -0.3 is 70.6 Å². The molecule has 2 aromatic rings. The Hall–Kier alpha value is -2.60. The molecule has 71 heavy (non-hydrogen) atoms. The number of carbonyl (C=O) groups is 3. The molecule has 32 heteroatoms. The van der Waals surface area contributed by atoms with Crippen LogP contribution in [0.2, 0.25) is 0 Å². The van der Waals surface area contributed by atoms with Crippen LogP contribution in [0.4, 0.5) is 5.82 Å². The second-order valence-corrected chi connectivity index (χ2v) is 23.2. The van der Waals surface area contributed by atoms with Crippen molar-refractivity contribution in [3.63, 3.8) is 0 Å². The molecule has 406 valence electrons. The van der Waals surface area contributed by atoms with Crippen molar-refractivity contribution >= 4 is 69.1 Å². The monoisotopic (exact) mass is 1100 g/mol. The zero-order chi connectivity index (χ0) is 52.7. The van der Waals surface area contributed by atoms with E-state index in [-0.39, 0.29) is 60.2 Å². The van der Waals surface area contributed by atoms with Crippen LogP contribution in [-0.2, 0) is 60.2 Å². The number of thioether (sulfide) groups is 1. The summed E-state index contributed by atoms with van der Waals surface area (Å²) >= 11 is 1.11. The first-order valence-electron chi connectivity index (χ1n) is 22.9. The maximum absolute atomic E-state index is 12.8. The lowest BCUT2D eigenvalue weighted by molar-refractivity contribution is -0.273. The Morgan fingerprint density at radius 1 is 0.915 bits per heavy atom. The molecule has 2 unspecified atom stereocenters. The third-order valence-electron chi connectivity index (χ3n) is 11.3. The number of anilines is 1. The number of unbranched alkanes of at least 4 members (excludes halogenated alkanes) is 6. The van der Waals surface area contributed by atoms with Gasteiger partial charge in [-0.15, -0.1) is 0 Å². The summed E-state index contributed by atoms with van der Waals surface area (Å²) < 4.78 is 73.8. The Morgan fingerprint density at radius 2 is 1.58 bits per heavy atom. The highest BCUT2D eigenvalue weighted by atomic mass is 32.2. The van der Waals surface area contributed by atoms with Crippen molar-refractivity contribution in [3.05, 3.63) is 12.7 Å². The van der Waals surface area contributed by atoms with E-state index in [1.807, 2.05) is 6.92 Å². The number of amides is 2. The average molecular weight is 1100 g/mol. The molecule has 0 radical (unpaired) electrons. The Bertz CT molecular complexity index is 2190. The van der Waals surface area contributed by atoms with E-state index in [0.717, 1.165) is 80.4 Å². The van der Waals surface area contributed by atoms with E-state index in [1.54, 1.807) is 6.92 Å². The predicted octanol–water partition coefficient (Wildman–Crippen LogP) is 1.44.